The maximum atomic E-state index is 9.50. The summed E-state index contributed by atoms with van der Waals surface area (Å²) in [6, 6.07) is 5.64. The zero-order valence-corrected chi connectivity index (χ0v) is 12.3. The maximum Gasteiger partial charge on any atom is 0.170 e. The van der Waals surface area contributed by atoms with Gasteiger partial charge < -0.3 is 20.8 Å². The number of hydrogen-bond acceptors (Lipinski definition) is 5. The van der Waals surface area contributed by atoms with Crippen molar-refractivity contribution in [1.82, 2.24) is 4.90 Å². The van der Waals surface area contributed by atoms with E-state index in [-0.39, 0.29) is 18.5 Å². The van der Waals surface area contributed by atoms with Crippen molar-refractivity contribution in [2.24, 2.45) is 10.9 Å². The quantitative estimate of drug-likeness (QED) is 0.328. The summed E-state index contributed by atoms with van der Waals surface area (Å²) in [6.45, 7) is 1.81. The van der Waals surface area contributed by atoms with Crippen LogP contribution in [0.25, 0.3) is 0 Å². The van der Waals surface area contributed by atoms with E-state index in [1.807, 2.05) is 12.1 Å². The average Bonchev–Trinajstić information content (AvgIpc) is 2.54. The minimum absolute atomic E-state index is 0.0799. The van der Waals surface area contributed by atoms with Crippen LogP contribution in [0, 0.1) is 0 Å². The summed E-state index contributed by atoms with van der Waals surface area (Å²) in [5.41, 5.74) is 7.28. The van der Waals surface area contributed by atoms with E-state index in [0.717, 1.165) is 37.1 Å². The first kappa shape index (κ1) is 15.6. The van der Waals surface area contributed by atoms with Crippen molar-refractivity contribution in [2.75, 3.05) is 20.3 Å². The van der Waals surface area contributed by atoms with Crippen molar-refractivity contribution < 1.29 is 15.1 Å². The van der Waals surface area contributed by atoms with Gasteiger partial charge in [0.15, 0.2) is 5.84 Å². The molecule has 0 spiro atoms. The van der Waals surface area contributed by atoms with Crippen molar-refractivity contribution in [3.8, 4) is 5.75 Å². The van der Waals surface area contributed by atoms with Gasteiger partial charge in [-0.05, 0) is 37.6 Å². The van der Waals surface area contributed by atoms with Crippen LogP contribution in [0.2, 0.25) is 0 Å². The van der Waals surface area contributed by atoms with E-state index >= 15 is 0 Å². The number of nitrogens with two attached hydrogens (primary N) is 1. The van der Waals surface area contributed by atoms with Gasteiger partial charge in [0.2, 0.25) is 0 Å². The van der Waals surface area contributed by atoms with Crippen LogP contribution in [0.1, 0.15) is 30.4 Å². The summed E-state index contributed by atoms with van der Waals surface area (Å²) < 4.78 is 5.39. The molecule has 116 valence electrons. The van der Waals surface area contributed by atoms with Crippen molar-refractivity contribution in [3.05, 3.63) is 29.3 Å². The Morgan fingerprint density at radius 1 is 1.48 bits per heavy atom. The largest absolute Gasteiger partial charge is 0.496 e. The lowest BCUT2D eigenvalue weighted by atomic mass is 10.0. The van der Waals surface area contributed by atoms with Crippen molar-refractivity contribution in [1.29, 1.82) is 0 Å². The highest BCUT2D eigenvalue weighted by Gasteiger charge is 2.22. The SMILES string of the molecule is COc1ccc(/C(N)=N/O)cc1CN1CCCCC1CO. The number of rotatable bonds is 5. The molecule has 21 heavy (non-hydrogen) atoms. The summed E-state index contributed by atoms with van der Waals surface area (Å²) in [7, 11) is 1.63. The number of methoxy groups -OCH3 is 1. The fraction of sp³-hybridized carbons (Fsp3) is 0.533. The molecule has 0 bridgehead atoms. The molecule has 1 heterocycles. The van der Waals surface area contributed by atoms with E-state index in [4.69, 9.17) is 15.7 Å². The Morgan fingerprint density at radius 2 is 2.29 bits per heavy atom. The fourth-order valence-electron chi connectivity index (χ4n) is 2.81. The Bertz CT molecular complexity index is 505. The van der Waals surface area contributed by atoms with Gasteiger partial charge >= 0.3 is 0 Å². The van der Waals surface area contributed by atoms with Crippen LogP contribution in [0.4, 0.5) is 0 Å². The van der Waals surface area contributed by atoms with Crippen LogP contribution in [-0.2, 0) is 6.54 Å². The third-order valence-corrected chi connectivity index (χ3v) is 4.02. The van der Waals surface area contributed by atoms with Gasteiger partial charge in [0.05, 0.1) is 13.7 Å². The molecule has 1 fully saturated rings. The first-order valence-corrected chi connectivity index (χ1v) is 7.19. The number of benzene rings is 1. The monoisotopic (exact) mass is 293 g/mol. The first-order valence-electron chi connectivity index (χ1n) is 7.19. The Balaban J connectivity index is 2.24. The second-order valence-corrected chi connectivity index (χ2v) is 5.31. The molecule has 1 aliphatic rings. The number of hydrogen-bond donors (Lipinski definition) is 3. The molecular formula is C15H23N3O3. The second kappa shape index (κ2) is 7.28. The number of likely N-dealkylation sites (tertiary alicyclic amines) is 1. The minimum atomic E-state index is 0.0799. The third kappa shape index (κ3) is 3.65. The van der Waals surface area contributed by atoms with Crippen LogP contribution < -0.4 is 10.5 Å². The van der Waals surface area contributed by atoms with Crippen LogP contribution in [0.3, 0.4) is 0 Å². The lowest BCUT2D eigenvalue weighted by Crippen LogP contribution is -2.41. The standard InChI is InChI=1S/C15H23N3O3/c1-21-14-6-5-11(15(16)17-20)8-12(14)9-18-7-3-2-4-13(18)10-19/h5-6,8,13,19-20H,2-4,7,9-10H2,1H3,(H2,16,17). The van der Waals surface area contributed by atoms with E-state index in [9.17, 15) is 5.11 Å². The summed E-state index contributed by atoms with van der Waals surface area (Å²) in [5, 5.41) is 21.3. The summed E-state index contributed by atoms with van der Waals surface area (Å²) in [6.07, 6.45) is 3.31. The van der Waals surface area contributed by atoms with Gasteiger partial charge in [0.25, 0.3) is 0 Å². The Hall–Kier alpha value is -1.79. The number of nitrogens with zero attached hydrogens (tertiary/aromatic N) is 2. The predicted molar refractivity (Wildman–Crippen MR) is 80.6 cm³/mol. The molecule has 6 heteroatoms. The molecule has 1 unspecified atom stereocenters. The molecule has 0 saturated carbocycles. The molecule has 6 nitrogen and oxygen atoms in total. The molecule has 0 amide bonds. The van der Waals surface area contributed by atoms with Crippen molar-refractivity contribution >= 4 is 5.84 Å². The summed E-state index contributed by atoms with van der Waals surface area (Å²) in [4.78, 5) is 2.26. The minimum Gasteiger partial charge on any atom is -0.496 e. The van der Waals surface area contributed by atoms with Crippen LogP contribution in [-0.4, -0.2) is 47.4 Å². The molecule has 0 aromatic heterocycles. The lowest BCUT2D eigenvalue weighted by Gasteiger charge is -2.34. The van der Waals surface area contributed by atoms with Gasteiger partial charge in [-0.15, -0.1) is 0 Å². The van der Waals surface area contributed by atoms with Gasteiger partial charge in [-0.1, -0.05) is 11.6 Å². The number of ether oxygens (including phenoxy) is 1. The smallest absolute Gasteiger partial charge is 0.170 e. The highest BCUT2D eigenvalue weighted by Crippen LogP contribution is 2.25. The zero-order valence-electron chi connectivity index (χ0n) is 12.3. The third-order valence-electron chi connectivity index (χ3n) is 4.02. The first-order chi connectivity index (χ1) is 10.2. The van der Waals surface area contributed by atoms with Gasteiger partial charge in [0, 0.05) is 23.7 Å². The normalized spacial score (nSPS) is 20.5. The number of piperidine rings is 1. The topological polar surface area (TPSA) is 91.3 Å². The van der Waals surface area contributed by atoms with E-state index < -0.39 is 0 Å². The molecule has 0 aliphatic carbocycles. The molecule has 4 N–H and O–H groups in total. The molecule has 1 atom stereocenters. The van der Waals surface area contributed by atoms with E-state index in [1.54, 1.807) is 13.2 Å². The number of aliphatic hydroxyl groups excluding tert-OH is 1. The maximum absolute atomic E-state index is 9.50. The van der Waals surface area contributed by atoms with Crippen LogP contribution in [0.5, 0.6) is 5.75 Å². The van der Waals surface area contributed by atoms with E-state index in [1.165, 1.54) is 0 Å². The molecule has 1 aromatic carbocycles. The lowest BCUT2D eigenvalue weighted by molar-refractivity contribution is 0.0834. The molecule has 1 saturated heterocycles. The average molecular weight is 293 g/mol. The van der Waals surface area contributed by atoms with Gasteiger partial charge in [0.1, 0.15) is 5.75 Å². The predicted octanol–water partition coefficient (Wildman–Crippen LogP) is 1.14. The molecule has 1 aliphatic heterocycles. The summed E-state index contributed by atoms with van der Waals surface area (Å²) in [5.74, 6) is 0.850. The van der Waals surface area contributed by atoms with Crippen molar-refractivity contribution in [3.63, 3.8) is 0 Å². The van der Waals surface area contributed by atoms with Gasteiger partial charge in [-0.25, -0.2) is 0 Å². The molecule has 1 aromatic rings. The number of aliphatic hydroxyl groups is 1. The van der Waals surface area contributed by atoms with Gasteiger partial charge in [-0.2, -0.15) is 0 Å². The Kier molecular flexibility index (Phi) is 5.41. The van der Waals surface area contributed by atoms with E-state index in [0.29, 0.717) is 12.1 Å². The summed E-state index contributed by atoms with van der Waals surface area (Å²) >= 11 is 0. The highest BCUT2D eigenvalue weighted by atomic mass is 16.5. The van der Waals surface area contributed by atoms with Crippen LogP contribution >= 0.6 is 0 Å². The molecule has 2 rings (SSSR count). The van der Waals surface area contributed by atoms with Crippen LogP contribution in [0.15, 0.2) is 23.4 Å². The van der Waals surface area contributed by atoms with Gasteiger partial charge in [-0.3, -0.25) is 4.90 Å². The Labute approximate surface area is 124 Å². The second-order valence-electron chi connectivity index (χ2n) is 5.31. The Morgan fingerprint density at radius 3 is 2.95 bits per heavy atom. The number of oxime groups is 1. The fourth-order valence-corrected chi connectivity index (χ4v) is 2.81. The molecule has 0 radical (unpaired) electrons. The van der Waals surface area contributed by atoms with E-state index in [2.05, 4.69) is 10.1 Å². The van der Waals surface area contributed by atoms with Crippen molar-refractivity contribution in [2.45, 2.75) is 31.8 Å². The zero-order chi connectivity index (χ0) is 15.2. The molecular weight excluding hydrogens is 270 g/mol. The number of amidine groups is 1. The highest BCUT2D eigenvalue weighted by molar-refractivity contribution is 5.97.